The molecule has 2 N–H and O–H groups in total. The Morgan fingerprint density at radius 1 is 0.936 bits per heavy atom. The van der Waals surface area contributed by atoms with Crippen molar-refractivity contribution in [2.24, 2.45) is 0 Å². The number of hydrogen-bond donors (Lipinski definition) is 2. The minimum atomic E-state index is -0.517. The summed E-state index contributed by atoms with van der Waals surface area (Å²) in [5, 5.41) is 15.9. The number of para-hydroxylation sites is 1. The molecule has 5 aromatic rings. The number of nitrogens with one attached hydrogen (secondary N) is 2. The number of imidazole rings is 1. The van der Waals surface area contributed by atoms with E-state index in [1.54, 1.807) is 23.3 Å². The molecule has 0 saturated carbocycles. The fourth-order valence-electron chi connectivity index (χ4n) is 5.77. The Morgan fingerprint density at radius 3 is 2.38 bits per heavy atom. The first-order chi connectivity index (χ1) is 22.8. The van der Waals surface area contributed by atoms with Crippen LogP contribution in [0.3, 0.4) is 0 Å². The standard InChI is InChI=1S/C37H41N7O3/c1-25(2)29-13-8-14-30(26(3)4)33(29)41-37(46)42-34-32(31-15-9-17-40-35(31)44(36(34)45)20-6-5-16-38)27-11-7-12-28(23-27)47-22-10-19-43-21-18-39-24-43/h7-9,11-15,17-18,21,23-26H,5-6,10,19-20,22H2,1-4H3,(H2,41,42,46). The third-order valence-corrected chi connectivity index (χ3v) is 8.05. The van der Waals surface area contributed by atoms with Crippen molar-refractivity contribution in [2.45, 2.75) is 71.9 Å². The van der Waals surface area contributed by atoms with E-state index in [1.807, 2.05) is 65.4 Å². The monoisotopic (exact) mass is 631 g/mol. The predicted octanol–water partition coefficient (Wildman–Crippen LogP) is 7.92. The highest BCUT2D eigenvalue weighted by atomic mass is 16.5. The van der Waals surface area contributed by atoms with Crippen molar-refractivity contribution in [1.29, 1.82) is 5.26 Å². The normalized spacial score (nSPS) is 11.2. The number of carbonyl (C=O) groups excluding carboxylic acids is 1. The van der Waals surface area contributed by atoms with Crippen LogP contribution in [-0.4, -0.2) is 31.7 Å². The van der Waals surface area contributed by atoms with Gasteiger partial charge in [-0.1, -0.05) is 58.0 Å². The van der Waals surface area contributed by atoms with Gasteiger partial charge in [-0.25, -0.2) is 14.8 Å². The molecule has 0 bridgehead atoms. The van der Waals surface area contributed by atoms with Crippen molar-refractivity contribution in [2.75, 3.05) is 17.2 Å². The first-order valence-corrected chi connectivity index (χ1v) is 16.1. The third-order valence-electron chi connectivity index (χ3n) is 8.05. The molecule has 0 aliphatic heterocycles. The third kappa shape index (κ3) is 7.69. The molecule has 0 atom stereocenters. The number of urea groups is 1. The molecule has 0 aliphatic carbocycles. The van der Waals surface area contributed by atoms with Crippen LogP contribution in [0.2, 0.25) is 0 Å². The summed E-state index contributed by atoms with van der Waals surface area (Å²) < 4.78 is 9.65. The zero-order chi connectivity index (χ0) is 33.3. The molecule has 47 heavy (non-hydrogen) atoms. The molecule has 0 saturated heterocycles. The van der Waals surface area contributed by atoms with Crippen LogP contribution in [0, 0.1) is 11.3 Å². The van der Waals surface area contributed by atoms with Crippen LogP contribution < -0.4 is 20.9 Å². The number of rotatable bonds is 13. The molecule has 5 rings (SSSR count). The molecule has 0 aliphatic rings. The van der Waals surface area contributed by atoms with Gasteiger partial charge in [0.1, 0.15) is 17.1 Å². The number of fused-ring (bicyclic) bond motifs is 1. The SMILES string of the molecule is CC(C)c1cccc(C(C)C)c1NC(=O)Nc1c(-c2cccc(OCCCn3ccnc3)c2)c2cccnc2n(CCCC#N)c1=O. The predicted molar refractivity (Wildman–Crippen MR) is 186 cm³/mol. The number of nitriles is 1. The number of unbranched alkanes of at least 4 members (excludes halogenated alkanes) is 1. The molecular formula is C37H41N7O3. The zero-order valence-electron chi connectivity index (χ0n) is 27.4. The van der Waals surface area contributed by atoms with Gasteiger partial charge in [0.2, 0.25) is 0 Å². The van der Waals surface area contributed by atoms with Gasteiger partial charge in [-0.2, -0.15) is 5.26 Å². The largest absolute Gasteiger partial charge is 0.494 e. The number of aryl methyl sites for hydroxylation is 2. The average Bonchev–Trinajstić information content (AvgIpc) is 3.58. The summed E-state index contributed by atoms with van der Waals surface area (Å²) >= 11 is 0. The molecule has 3 aromatic heterocycles. The highest BCUT2D eigenvalue weighted by Crippen LogP contribution is 2.36. The minimum absolute atomic E-state index is 0.130. The van der Waals surface area contributed by atoms with E-state index >= 15 is 0 Å². The number of carbonyl (C=O) groups is 1. The van der Waals surface area contributed by atoms with Gasteiger partial charge in [-0.15, -0.1) is 0 Å². The lowest BCUT2D eigenvalue weighted by molar-refractivity contribution is 0.262. The van der Waals surface area contributed by atoms with Crippen molar-refractivity contribution in [3.05, 3.63) is 101 Å². The van der Waals surface area contributed by atoms with Gasteiger partial charge in [0.05, 0.1) is 19.0 Å². The summed E-state index contributed by atoms with van der Waals surface area (Å²) in [6.07, 6.45) is 8.62. The Hall–Kier alpha value is -5.43. The van der Waals surface area contributed by atoms with Crippen molar-refractivity contribution >= 4 is 28.4 Å². The van der Waals surface area contributed by atoms with Gasteiger partial charge in [0.15, 0.2) is 0 Å². The van der Waals surface area contributed by atoms with Crippen LogP contribution in [0.5, 0.6) is 5.75 Å². The van der Waals surface area contributed by atoms with Crippen LogP contribution in [0.1, 0.15) is 69.9 Å². The van der Waals surface area contributed by atoms with E-state index in [0.717, 1.165) is 29.8 Å². The topological polar surface area (TPSA) is 127 Å². The molecule has 3 heterocycles. The lowest BCUT2D eigenvalue weighted by atomic mass is 9.93. The van der Waals surface area contributed by atoms with Gasteiger partial charge < -0.3 is 19.9 Å². The molecule has 242 valence electrons. The molecule has 0 radical (unpaired) electrons. The van der Waals surface area contributed by atoms with E-state index in [2.05, 4.69) is 54.4 Å². The smallest absolute Gasteiger partial charge is 0.323 e. The highest BCUT2D eigenvalue weighted by Gasteiger charge is 2.23. The molecule has 0 spiro atoms. The summed E-state index contributed by atoms with van der Waals surface area (Å²) in [5.41, 5.74) is 4.25. The van der Waals surface area contributed by atoms with Crippen LogP contribution >= 0.6 is 0 Å². The molecule has 10 nitrogen and oxygen atoms in total. The second kappa shape index (κ2) is 15.2. The van der Waals surface area contributed by atoms with Crippen LogP contribution in [0.25, 0.3) is 22.2 Å². The maximum Gasteiger partial charge on any atom is 0.323 e. The molecular weight excluding hydrogens is 590 g/mol. The maximum atomic E-state index is 14.3. The fourth-order valence-corrected chi connectivity index (χ4v) is 5.77. The lowest BCUT2D eigenvalue weighted by Gasteiger charge is -2.22. The number of pyridine rings is 2. The number of benzene rings is 2. The van der Waals surface area contributed by atoms with Gasteiger partial charge in [-0.05, 0) is 65.6 Å². The molecule has 10 heteroatoms. The second-order valence-electron chi connectivity index (χ2n) is 12.1. The first-order valence-electron chi connectivity index (χ1n) is 16.1. The zero-order valence-corrected chi connectivity index (χ0v) is 27.4. The average molecular weight is 632 g/mol. The minimum Gasteiger partial charge on any atom is -0.494 e. The first kappa shape index (κ1) is 32.9. The summed E-state index contributed by atoms with van der Waals surface area (Å²) in [5.74, 6) is 0.990. The van der Waals surface area contributed by atoms with Gasteiger partial charge in [0.25, 0.3) is 5.56 Å². The van der Waals surface area contributed by atoms with Gasteiger partial charge in [0, 0.05) is 54.7 Å². The Balaban J connectivity index is 1.55. The fraction of sp³-hybridized carbons (Fsp3) is 0.324. The van der Waals surface area contributed by atoms with Crippen molar-refractivity contribution in [3.8, 4) is 22.9 Å². The second-order valence-corrected chi connectivity index (χ2v) is 12.1. The number of anilines is 2. The summed E-state index contributed by atoms with van der Waals surface area (Å²) in [6.45, 7) is 9.90. The lowest BCUT2D eigenvalue weighted by Crippen LogP contribution is -2.30. The van der Waals surface area contributed by atoms with Crippen LogP contribution in [0.4, 0.5) is 16.2 Å². The summed E-state index contributed by atoms with van der Waals surface area (Å²) in [4.78, 5) is 36.8. The number of amides is 2. The van der Waals surface area contributed by atoms with Crippen molar-refractivity contribution in [3.63, 3.8) is 0 Å². The molecule has 2 aromatic carbocycles. The molecule has 2 amide bonds. The quantitative estimate of drug-likeness (QED) is 0.127. The van der Waals surface area contributed by atoms with E-state index in [-0.39, 0.29) is 30.5 Å². The van der Waals surface area contributed by atoms with E-state index in [4.69, 9.17) is 4.74 Å². The number of nitrogens with zero attached hydrogens (tertiary/aromatic N) is 5. The Labute approximate surface area is 275 Å². The van der Waals surface area contributed by atoms with Gasteiger partial charge >= 0.3 is 6.03 Å². The Morgan fingerprint density at radius 2 is 1.68 bits per heavy atom. The van der Waals surface area contributed by atoms with Crippen molar-refractivity contribution in [1.82, 2.24) is 19.1 Å². The maximum absolute atomic E-state index is 14.3. The number of ether oxygens (including phenoxy) is 1. The van der Waals surface area contributed by atoms with E-state index in [0.29, 0.717) is 40.9 Å². The van der Waals surface area contributed by atoms with Crippen molar-refractivity contribution < 1.29 is 9.53 Å². The van der Waals surface area contributed by atoms with Crippen LogP contribution in [0.15, 0.2) is 84.3 Å². The van der Waals surface area contributed by atoms with E-state index in [9.17, 15) is 14.9 Å². The van der Waals surface area contributed by atoms with Crippen LogP contribution in [-0.2, 0) is 13.1 Å². The summed E-state index contributed by atoms with van der Waals surface area (Å²) in [6, 6.07) is 18.9. The number of hydrogen-bond acceptors (Lipinski definition) is 6. The Bertz CT molecular complexity index is 1910. The Kier molecular flexibility index (Phi) is 10.7. The molecule has 0 fully saturated rings. The van der Waals surface area contributed by atoms with E-state index < -0.39 is 11.6 Å². The summed E-state index contributed by atoms with van der Waals surface area (Å²) in [7, 11) is 0. The molecule has 0 unspecified atom stereocenters. The van der Waals surface area contributed by atoms with E-state index in [1.165, 1.54) is 0 Å². The number of aromatic nitrogens is 4. The highest BCUT2D eigenvalue weighted by molar-refractivity contribution is 6.07. The van der Waals surface area contributed by atoms with Gasteiger partial charge in [-0.3, -0.25) is 9.36 Å².